The van der Waals surface area contributed by atoms with Gasteiger partial charge in [0.05, 0.1) is 7.11 Å². The Bertz CT molecular complexity index is 347. The molecular weight excluding hydrogens is 254 g/mol. The normalized spacial score (nSPS) is 21.4. The fraction of sp³-hybridized carbons (Fsp3) is 0.583. The first-order valence-corrected chi connectivity index (χ1v) is 7.76. The van der Waals surface area contributed by atoms with E-state index < -0.39 is 0 Å². The lowest BCUT2D eigenvalue weighted by Crippen LogP contribution is -2.43. The summed E-state index contributed by atoms with van der Waals surface area (Å²) >= 11 is 3.62. The lowest BCUT2D eigenvalue weighted by Gasteiger charge is -2.21. The maximum absolute atomic E-state index is 11.8. The minimum absolute atomic E-state index is 0.131. The maximum Gasteiger partial charge on any atom is 0.323 e. The van der Waals surface area contributed by atoms with Crippen molar-refractivity contribution in [2.24, 2.45) is 5.92 Å². The molecular formula is C12H17NO2S2. The largest absolute Gasteiger partial charge is 0.468 e. The zero-order valence-corrected chi connectivity index (χ0v) is 11.5. The molecule has 0 amide bonds. The molecule has 0 bridgehead atoms. The van der Waals surface area contributed by atoms with Crippen molar-refractivity contribution in [3.05, 3.63) is 22.4 Å². The van der Waals surface area contributed by atoms with Gasteiger partial charge in [-0.3, -0.25) is 10.1 Å². The molecule has 1 aromatic rings. The van der Waals surface area contributed by atoms with E-state index in [9.17, 15) is 4.79 Å². The van der Waals surface area contributed by atoms with E-state index in [0.29, 0.717) is 5.92 Å². The molecule has 1 aliphatic rings. The van der Waals surface area contributed by atoms with Gasteiger partial charge in [-0.25, -0.2) is 0 Å². The van der Waals surface area contributed by atoms with Crippen LogP contribution < -0.4 is 5.32 Å². The van der Waals surface area contributed by atoms with E-state index in [1.165, 1.54) is 12.0 Å². The number of nitrogens with one attached hydrogen (secondary N) is 1. The first-order chi connectivity index (χ1) is 8.31. The fourth-order valence-electron chi connectivity index (χ4n) is 2.01. The Kier molecular flexibility index (Phi) is 4.88. The zero-order chi connectivity index (χ0) is 12.1. The second kappa shape index (κ2) is 6.42. The van der Waals surface area contributed by atoms with Gasteiger partial charge in [0.25, 0.3) is 0 Å². The number of methoxy groups -OCH3 is 1. The van der Waals surface area contributed by atoms with Crippen molar-refractivity contribution in [2.45, 2.75) is 19.0 Å². The summed E-state index contributed by atoms with van der Waals surface area (Å²) in [5.74, 6) is 2.48. The second-order valence-corrected chi connectivity index (χ2v) is 6.27. The molecule has 0 aromatic carbocycles. The van der Waals surface area contributed by atoms with E-state index in [0.717, 1.165) is 24.5 Å². The van der Waals surface area contributed by atoms with E-state index in [-0.39, 0.29) is 12.0 Å². The van der Waals surface area contributed by atoms with Crippen LogP contribution in [0, 0.1) is 5.92 Å². The summed E-state index contributed by atoms with van der Waals surface area (Å²) < 4.78 is 4.89. The number of carbonyl (C=O) groups excluding carboxylic acids is 1. The van der Waals surface area contributed by atoms with Gasteiger partial charge in [-0.1, -0.05) is 6.07 Å². The molecule has 2 rings (SSSR count). The summed E-state index contributed by atoms with van der Waals surface area (Å²) in [5.41, 5.74) is 0. The summed E-state index contributed by atoms with van der Waals surface area (Å²) in [6.45, 7) is 0.749. The Hall–Kier alpha value is -0.520. The summed E-state index contributed by atoms with van der Waals surface area (Å²) in [4.78, 5) is 13.0. The van der Waals surface area contributed by atoms with Gasteiger partial charge in [0.15, 0.2) is 0 Å². The van der Waals surface area contributed by atoms with Crippen LogP contribution in [0.3, 0.4) is 0 Å². The molecule has 2 heterocycles. The zero-order valence-electron chi connectivity index (χ0n) is 9.85. The van der Waals surface area contributed by atoms with Gasteiger partial charge in [0.2, 0.25) is 0 Å². The Morgan fingerprint density at radius 3 is 3.18 bits per heavy atom. The standard InChI is InChI=1S/C12H17NO2S2/c1-15-12(14)11(9-4-6-16-8-9)13-7-10-3-2-5-17-10/h2-3,5,9,11,13H,4,6-8H2,1H3. The number of hydrogen-bond donors (Lipinski definition) is 1. The number of carbonyl (C=O) groups is 1. The average Bonchev–Trinajstić information content (AvgIpc) is 3.01. The molecule has 1 aromatic heterocycles. The molecule has 1 saturated heterocycles. The number of hydrogen-bond acceptors (Lipinski definition) is 5. The van der Waals surface area contributed by atoms with Crippen LogP contribution in [0.5, 0.6) is 0 Å². The lowest BCUT2D eigenvalue weighted by molar-refractivity contribution is -0.144. The second-order valence-electron chi connectivity index (χ2n) is 4.08. The van der Waals surface area contributed by atoms with E-state index in [4.69, 9.17) is 4.74 Å². The highest BCUT2D eigenvalue weighted by Gasteiger charge is 2.31. The van der Waals surface area contributed by atoms with Crippen LogP contribution in [-0.2, 0) is 16.1 Å². The predicted octanol–water partition coefficient (Wildman–Crippen LogP) is 2.13. The molecule has 1 fully saturated rings. The molecule has 17 heavy (non-hydrogen) atoms. The highest BCUT2D eigenvalue weighted by atomic mass is 32.2. The Morgan fingerprint density at radius 1 is 1.71 bits per heavy atom. The van der Waals surface area contributed by atoms with Crippen LogP contribution >= 0.6 is 23.1 Å². The third kappa shape index (κ3) is 3.47. The minimum Gasteiger partial charge on any atom is -0.468 e. The molecule has 3 nitrogen and oxygen atoms in total. The first-order valence-electron chi connectivity index (χ1n) is 5.72. The Balaban J connectivity index is 1.92. The van der Waals surface area contributed by atoms with Gasteiger partial charge in [0.1, 0.15) is 6.04 Å². The predicted molar refractivity (Wildman–Crippen MR) is 72.4 cm³/mol. The van der Waals surface area contributed by atoms with Crippen LogP contribution in [0.4, 0.5) is 0 Å². The topological polar surface area (TPSA) is 38.3 Å². The summed E-state index contributed by atoms with van der Waals surface area (Å²) in [6, 6.07) is 3.95. The van der Waals surface area contributed by atoms with Crippen molar-refractivity contribution in [1.82, 2.24) is 5.32 Å². The molecule has 1 aliphatic heterocycles. The van der Waals surface area contributed by atoms with Crippen LogP contribution in [0.15, 0.2) is 17.5 Å². The molecule has 2 atom stereocenters. The summed E-state index contributed by atoms with van der Waals surface area (Å²) in [6.07, 6.45) is 1.10. The van der Waals surface area contributed by atoms with Crippen molar-refractivity contribution < 1.29 is 9.53 Å². The highest BCUT2D eigenvalue weighted by Crippen LogP contribution is 2.27. The number of esters is 1. The lowest BCUT2D eigenvalue weighted by atomic mass is 9.99. The van der Waals surface area contributed by atoms with E-state index in [2.05, 4.69) is 16.8 Å². The van der Waals surface area contributed by atoms with E-state index in [1.54, 1.807) is 11.3 Å². The monoisotopic (exact) mass is 271 g/mol. The Labute approximate surface area is 110 Å². The highest BCUT2D eigenvalue weighted by molar-refractivity contribution is 7.99. The quantitative estimate of drug-likeness (QED) is 0.833. The van der Waals surface area contributed by atoms with Crippen molar-refractivity contribution in [2.75, 3.05) is 18.6 Å². The fourth-order valence-corrected chi connectivity index (χ4v) is 3.96. The number of ether oxygens (including phenoxy) is 1. The molecule has 2 unspecified atom stereocenters. The van der Waals surface area contributed by atoms with Crippen LogP contribution in [-0.4, -0.2) is 30.6 Å². The summed E-state index contributed by atoms with van der Waals surface area (Å²) in [5, 5.41) is 5.39. The van der Waals surface area contributed by atoms with Gasteiger partial charge in [0, 0.05) is 11.4 Å². The SMILES string of the molecule is COC(=O)C(NCc1cccs1)C1CCSC1. The van der Waals surface area contributed by atoms with E-state index in [1.807, 2.05) is 17.8 Å². The van der Waals surface area contributed by atoms with Crippen molar-refractivity contribution in [1.29, 1.82) is 0 Å². The number of thioether (sulfide) groups is 1. The molecule has 0 spiro atoms. The maximum atomic E-state index is 11.8. The molecule has 5 heteroatoms. The average molecular weight is 271 g/mol. The minimum atomic E-state index is -0.155. The van der Waals surface area contributed by atoms with Gasteiger partial charge in [-0.05, 0) is 35.3 Å². The molecule has 1 N–H and O–H groups in total. The van der Waals surface area contributed by atoms with Crippen LogP contribution in [0.2, 0.25) is 0 Å². The van der Waals surface area contributed by atoms with Gasteiger partial charge in [-0.2, -0.15) is 11.8 Å². The molecule has 0 radical (unpaired) electrons. The molecule has 94 valence electrons. The van der Waals surface area contributed by atoms with E-state index >= 15 is 0 Å². The number of thiophene rings is 1. The first kappa shape index (κ1) is 12.9. The third-order valence-corrected chi connectivity index (χ3v) is 5.03. The van der Waals surface area contributed by atoms with Crippen LogP contribution in [0.25, 0.3) is 0 Å². The van der Waals surface area contributed by atoms with Crippen molar-refractivity contribution in [3.8, 4) is 0 Å². The smallest absolute Gasteiger partial charge is 0.323 e. The van der Waals surface area contributed by atoms with Crippen LogP contribution in [0.1, 0.15) is 11.3 Å². The number of rotatable bonds is 5. The van der Waals surface area contributed by atoms with Crippen molar-refractivity contribution >= 4 is 29.1 Å². The Morgan fingerprint density at radius 2 is 2.59 bits per heavy atom. The van der Waals surface area contributed by atoms with Gasteiger partial charge < -0.3 is 4.74 Å². The van der Waals surface area contributed by atoms with Crippen molar-refractivity contribution in [3.63, 3.8) is 0 Å². The van der Waals surface area contributed by atoms with Gasteiger partial charge in [-0.15, -0.1) is 11.3 Å². The third-order valence-electron chi connectivity index (χ3n) is 2.97. The van der Waals surface area contributed by atoms with Gasteiger partial charge >= 0.3 is 5.97 Å². The molecule has 0 saturated carbocycles. The molecule has 0 aliphatic carbocycles. The summed E-state index contributed by atoms with van der Waals surface area (Å²) in [7, 11) is 1.46.